The van der Waals surface area contributed by atoms with Crippen LogP contribution in [0.2, 0.25) is 0 Å². The van der Waals surface area contributed by atoms with Crippen molar-refractivity contribution in [3.63, 3.8) is 0 Å². The molecular formula is C17H19FN4S. The van der Waals surface area contributed by atoms with Gasteiger partial charge in [0.05, 0.1) is 6.20 Å². The fraction of sp³-hybridized carbons (Fsp3) is 0.412. The molecule has 0 spiro atoms. The summed E-state index contributed by atoms with van der Waals surface area (Å²) in [6.45, 7) is 2.13. The van der Waals surface area contributed by atoms with E-state index < -0.39 is 0 Å². The molecule has 1 aliphatic carbocycles. The lowest BCUT2D eigenvalue weighted by molar-refractivity contribution is 0.624. The minimum Gasteiger partial charge on any atom is -0.367 e. The molecule has 1 N–H and O–H groups in total. The van der Waals surface area contributed by atoms with Crippen molar-refractivity contribution in [3.05, 3.63) is 35.4 Å². The molecule has 1 saturated carbocycles. The van der Waals surface area contributed by atoms with Gasteiger partial charge in [0.2, 0.25) is 0 Å². The largest absolute Gasteiger partial charge is 0.367 e. The van der Waals surface area contributed by atoms with Crippen molar-refractivity contribution in [2.75, 3.05) is 5.32 Å². The third kappa shape index (κ3) is 2.51. The minimum atomic E-state index is -0.328. The van der Waals surface area contributed by atoms with Crippen LogP contribution in [0.1, 0.15) is 38.3 Å². The zero-order valence-corrected chi connectivity index (χ0v) is 13.9. The van der Waals surface area contributed by atoms with Gasteiger partial charge in [-0.3, -0.25) is 9.38 Å². The number of fused-ring (bicyclic) bond motifs is 1. The van der Waals surface area contributed by atoms with Crippen molar-refractivity contribution in [2.24, 2.45) is 0 Å². The Balaban J connectivity index is 1.89. The van der Waals surface area contributed by atoms with Gasteiger partial charge in [-0.1, -0.05) is 19.8 Å². The number of rotatable bonds is 4. The van der Waals surface area contributed by atoms with Gasteiger partial charge in [0.25, 0.3) is 0 Å². The Kier molecular flexibility index (Phi) is 3.77. The first-order valence-corrected chi connectivity index (χ1v) is 9.01. The molecule has 6 heteroatoms. The van der Waals surface area contributed by atoms with Gasteiger partial charge in [-0.2, -0.15) is 0 Å². The van der Waals surface area contributed by atoms with Gasteiger partial charge in [0.1, 0.15) is 11.5 Å². The lowest BCUT2D eigenvalue weighted by atomic mass is 10.1. The van der Waals surface area contributed by atoms with Gasteiger partial charge in [0, 0.05) is 28.9 Å². The monoisotopic (exact) mass is 330 g/mol. The van der Waals surface area contributed by atoms with Crippen LogP contribution in [0.25, 0.3) is 16.2 Å². The number of hydrogen-bond acceptors (Lipinski definition) is 4. The number of thiazole rings is 1. The van der Waals surface area contributed by atoms with Gasteiger partial charge >= 0.3 is 0 Å². The lowest BCUT2D eigenvalue weighted by Gasteiger charge is -2.15. The molecule has 4 nitrogen and oxygen atoms in total. The third-order valence-electron chi connectivity index (χ3n) is 4.52. The molecule has 0 radical (unpaired) electrons. The smallest absolute Gasteiger partial charge is 0.196 e. The third-order valence-corrected chi connectivity index (χ3v) is 5.39. The van der Waals surface area contributed by atoms with Crippen molar-refractivity contribution in [1.82, 2.24) is 14.4 Å². The summed E-state index contributed by atoms with van der Waals surface area (Å²) >= 11 is 1.61. The molecule has 0 aromatic carbocycles. The number of pyridine rings is 1. The van der Waals surface area contributed by atoms with E-state index in [1.807, 2.05) is 0 Å². The molecule has 120 valence electrons. The highest BCUT2D eigenvalue weighted by atomic mass is 32.1. The second kappa shape index (κ2) is 5.92. The SMILES string of the molecule is CCc1csc2nc(-c3ccncc3F)c(NC3CCCC3)n12. The van der Waals surface area contributed by atoms with Crippen molar-refractivity contribution in [2.45, 2.75) is 45.1 Å². The summed E-state index contributed by atoms with van der Waals surface area (Å²) in [6, 6.07) is 2.15. The summed E-state index contributed by atoms with van der Waals surface area (Å²) < 4.78 is 16.4. The van der Waals surface area contributed by atoms with E-state index in [1.54, 1.807) is 23.6 Å². The predicted octanol–water partition coefficient (Wildman–Crippen LogP) is 4.51. The Morgan fingerprint density at radius 3 is 2.96 bits per heavy atom. The number of hydrogen-bond donors (Lipinski definition) is 1. The number of aryl methyl sites for hydroxylation is 1. The Bertz CT molecular complexity index is 832. The Labute approximate surface area is 138 Å². The van der Waals surface area contributed by atoms with E-state index in [9.17, 15) is 4.39 Å². The number of nitrogens with one attached hydrogen (secondary N) is 1. The van der Waals surface area contributed by atoms with Crippen molar-refractivity contribution in [1.29, 1.82) is 0 Å². The Hall–Kier alpha value is -1.95. The Morgan fingerprint density at radius 2 is 2.22 bits per heavy atom. The summed E-state index contributed by atoms with van der Waals surface area (Å²) in [5.74, 6) is 0.598. The van der Waals surface area contributed by atoms with Gasteiger partial charge in [0.15, 0.2) is 10.8 Å². The minimum absolute atomic E-state index is 0.328. The van der Waals surface area contributed by atoms with E-state index in [2.05, 4.69) is 27.0 Å². The fourth-order valence-corrected chi connectivity index (χ4v) is 4.28. The predicted molar refractivity (Wildman–Crippen MR) is 91.5 cm³/mol. The van der Waals surface area contributed by atoms with E-state index in [0.717, 1.165) is 30.0 Å². The van der Waals surface area contributed by atoms with Crippen LogP contribution >= 0.6 is 11.3 Å². The average molecular weight is 330 g/mol. The van der Waals surface area contributed by atoms with E-state index in [1.165, 1.54) is 24.7 Å². The molecule has 4 rings (SSSR count). The first-order valence-electron chi connectivity index (χ1n) is 8.13. The molecule has 23 heavy (non-hydrogen) atoms. The van der Waals surface area contributed by atoms with Crippen molar-refractivity contribution < 1.29 is 4.39 Å². The highest BCUT2D eigenvalue weighted by Crippen LogP contribution is 2.35. The van der Waals surface area contributed by atoms with Crippen LogP contribution < -0.4 is 5.32 Å². The van der Waals surface area contributed by atoms with E-state index in [0.29, 0.717) is 17.3 Å². The molecule has 3 heterocycles. The van der Waals surface area contributed by atoms with E-state index in [-0.39, 0.29) is 5.82 Å². The molecule has 3 aromatic heterocycles. The molecular weight excluding hydrogens is 311 g/mol. The van der Waals surface area contributed by atoms with Gasteiger partial charge in [-0.15, -0.1) is 11.3 Å². The maximum absolute atomic E-state index is 14.2. The fourth-order valence-electron chi connectivity index (χ4n) is 3.31. The lowest BCUT2D eigenvalue weighted by Crippen LogP contribution is -2.17. The summed E-state index contributed by atoms with van der Waals surface area (Å²) in [4.78, 5) is 9.47. The van der Waals surface area contributed by atoms with Crippen molar-refractivity contribution in [3.8, 4) is 11.3 Å². The van der Waals surface area contributed by atoms with Gasteiger partial charge < -0.3 is 5.32 Å². The molecule has 0 aliphatic heterocycles. The molecule has 0 amide bonds. The first kappa shape index (κ1) is 14.6. The van der Waals surface area contributed by atoms with Gasteiger partial charge in [-0.05, 0) is 25.3 Å². The maximum atomic E-state index is 14.2. The zero-order valence-electron chi connectivity index (χ0n) is 13.1. The highest BCUT2D eigenvalue weighted by molar-refractivity contribution is 7.15. The van der Waals surface area contributed by atoms with E-state index in [4.69, 9.17) is 4.98 Å². The summed E-state index contributed by atoms with van der Waals surface area (Å²) in [5.41, 5.74) is 2.41. The average Bonchev–Trinajstić information content (AvgIpc) is 3.26. The molecule has 0 atom stereocenters. The molecule has 0 bridgehead atoms. The van der Waals surface area contributed by atoms with Crippen LogP contribution in [-0.4, -0.2) is 20.4 Å². The van der Waals surface area contributed by atoms with E-state index >= 15 is 0 Å². The number of aromatic nitrogens is 3. The zero-order chi connectivity index (χ0) is 15.8. The first-order chi connectivity index (χ1) is 11.3. The highest BCUT2D eigenvalue weighted by Gasteiger charge is 2.23. The number of imidazole rings is 1. The maximum Gasteiger partial charge on any atom is 0.196 e. The summed E-state index contributed by atoms with van der Waals surface area (Å²) in [5, 5.41) is 5.77. The van der Waals surface area contributed by atoms with Crippen LogP contribution in [0, 0.1) is 5.82 Å². The molecule has 0 saturated heterocycles. The van der Waals surface area contributed by atoms with Crippen LogP contribution in [0.5, 0.6) is 0 Å². The number of halogens is 1. The summed E-state index contributed by atoms with van der Waals surface area (Å²) in [6.07, 6.45) is 8.63. The molecule has 1 aliphatic rings. The second-order valence-corrected chi connectivity index (χ2v) is 6.83. The van der Waals surface area contributed by atoms with Crippen LogP contribution in [0.3, 0.4) is 0 Å². The topological polar surface area (TPSA) is 42.2 Å². The number of anilines is 1. The normalized spacial score (nSPS) is 15.6. The van der Waals surface area contributed by atoms with Crippen LogP contribution in [0.4, 0.5) is 10.2 Å². The van der Waals surface area contributed by atoms with Crippen LogP contribution in [-0.2, 0) is 6.42 Å². The number of nitrogens with zero attached hydrogens (tertiary/aromatic N) is 3. The quantitative estimate of drug-likeness (QED) is 0.765. The second-order valence-electron chi connectivity index (χ2n) is 5.99. The summed E-state index contributed by atoms with van der Waals surface area (Å²) in [7, 11) is 0. The molecule has 1 fully saturated rings. The molecule has 0 unspecified atom stereocenters. The van der Waals surface area contributed by atoms with Gasteiger partial charge in [-0.25, -0.2) is 9.37 Å². The standard InChI is InChI=1S/C17H19FN4S/c1-2-12-10-23-17-21-15(13-7-8-19-9-14(13)18)16(22(12)17)20-11-5-3-4-6-11/h7-11,20H,2-6H2,1H3. The molecule has 3 aromatic rings. The Morgan fingerprint density at radius 1 is 1.39 bits per heavy atom. The van der Waals surface area contributed by atoms with Crippen LogP contribution in [0.15, 0.2) is 23.8 Å². The van der Waals surface area contributed by atoms with Crippen molar-refractivity contribution >= 4 is 22.1 Å².